The third-order valence-corrected chi connectivity index (χ3v) is 2.98. The van der Waals surface area contributed by atoms with E-state index in [1.807, 2.05) is 0 Å². The summed E-state index contributed by atoms with van der Waals surface area (Å²) in [5.41, 5.74) is 0. The van der Waals surface area contributed by atoms with Crippen LogP contribution in [0.1, 0.15) is 13.8 Å². The maximum atomic E-state index is 10.9. The first-order valence-electron chi connectivity index (χ1n) is 2.79. The van der Waals surface area contributed by atoms with Crippen molar-refractivity contribution in [2.24, 2.45) is 0 Å². The molecule has 11 heavy (non-hydrogen) atoms. The van der Waals surface area contributed by atoms with E-state index in [1.54, 1.807) is 13.8 Å². The van der Waals surface area contributed by atoms with Crippen molar-refractivity contribution in [3.63, 3.8) is 0 Å². The molecule has 2 nitrogen and oxygen atoms in total. The number of esters is 1. The van der Waals surface area contributed by atoms with Crippen LogP contribution in [-0.4, -0.2) is 15.7 Å². The van der Waals surface area contributed by atoms with Crippen molar-refractivity contribution in [3.8, 4) is 0 Å². The number of halogens is 3. The third kappa shape index (κ3) is 4.31. The summed E-state index contributed by atoms with van der Waals surface area (Å²) in [6, 6.07) is 0. The van der Waals surface area contributed by atoms with Gasteiger partial charge in [0.15, 0.2) is 0 Å². The first kappa shape index (κ1) is 11.7. The molecule has 0 N–H and O–H groups in total. The molecule has 0 fully saturated rings. The molecule has 0 aliphatic rings. The van der Waals surface area contributed by atoms with Crippen molar-refractivity contribution >= 4 is 50.8 Å². The van der Waals surface area contributed by atoms with Crippen LogP contribution < -0.4 is 0 Å². The van der Waals surface area contributed by atoms with Crippen LogP contribution in [0.15, 0.2) is 0 Å². The normalized spacial score (nSPS) is 11.8. The van der Waals surface area contributed by atoms with Crippen LogP contribution in [0.25, 0.3) is 0 Å². The fourth-order valence-corrected chi connectivity index (χ4v) is 0.703. The Kier molecular flexibility index (Phi) is 4.94. The van der Waals surface area contributed by atoms with Gasteiger partial charge in [-0.1, -0.05) is 23.2 Å². The molecular formula is C5H7Cl3O2S. The van der Waals surface area contributed by atoms with Crippen LogP contribution in [0, 0.1) is 0 Å². The maximum absolute atomic E-state index is 10.9. The Morgan fingerprint density at radius 2 is 2.00 bits per heavy atom. The number of alkyl halides is 2. The minimum absolute atomic E-state index is 0.247. The van der Waals surface area contributed by atoms with Crippen LogP contribution in [-0.2, 0) is 9.53 Å². The van der Waals surface area contributed by atoms with Gasteiger partial charge in [0, 0.05) is 0 Å². The summed E-state index contributed by atoms with van der Waals surface area (Å²) in [7, 11) is 5.73. The zero-order valence-corrected chi connectivity index (χ0v) is 9.02. The van der Waals surface area contributed by atoms with E-state index in [0.717, 1.165) is 0 Å². The molecule has 0 heterocycles. The fourth-order valence-electron chi connectivity index (χ4n) is 0.314. The van der Waals surface area contributed by atoms with Crippen LogP contribution in [0.2, 0.25) is 0 Å². The highest BCUT2D eigenvalue weighted by molar-refractivity contribution is 8.24. The van der Waals surface area contributed by atoms with Gasteiger partial charge in [-0.05, 0) is 35.5 Å². The second-order valence-corrected chi connectivity index (χ2v) is 5.05. The number of hydrogen-bond acceptors (Lipinski definition) is 3. The van der Waals surface area contributed by atoms with Gasteiger partial charge >= 0.3 is 5.97 Å². The van der Waals surface area contributed by atoms with Gasteiger partial charge in [0.25, 0.3) is 3.67 Å². The minimum Gasteiger partial charge on any atom is -0.460 e. The molecule has 0 rings (SSSR count). The monoisotopic (exact) mass is 236 g/mol. The third-order valence-electron chi connectivity index (χ3n) is 0.677. The molecular weight excluding hydrogens is 230 g/mol. The second kappa shape index (κ2) is 4.65. The smallest absolute Gasteiger partial charge is 0.354 e. The lowest BCUT2D eigenvalue weighted by atomic mass is 10.5. The Labute approximate surface area is 84.0 Å². The molecule has 0 aliphatic heterocycles. The lowest BCUT2D eigenvalue weighted by molar-refractivity contribution is -0.145. The van der Waals surface area contributed by atoms with E-state index >= 15 is 0 Å². The molecule has 0 aliphatic carbocycles. The Balaban J connectivity index is 4.02. The van der Waals surface area contributed by atoms with Gasteiger partial charge in [-0.15, -0.1) is 0 Å². The standard InChI is InChI=1S/C5H7Cl3O2S/c1-3(2)10-4(9)5(6,7)11-8/h3H,1-2H3. The summed E-state index contributed by atoms with van der Waals surface area (Å²) in [5.74, 6) is -0.740. The van der Waals surface area contributed by atoms with E-state index in [2.05, 4.69) is 0 Å². The van der Waals surface area contributed by atoms with Crippen molar-refractivity contribution in [2.45, 2.75) is 23.6 Å². The van der Waals surface area contributed by atoms with Gasteiger partial charge in [0.1, 0.15) is 0 Å². The van der Waals surface area contributed by atoms with E-state index in [9.17, 15) is 4.79 Å². The van der Waals surface area contributed by atoms with Gasteiger partial charge < -0.3 is 4.74 Å². The summed E-state index contributed by atoms with van der Waals surface area (Å²) < 4.78 is 3.00. The lowest BCUT2D eigenvalue weighted by Crippen LogP contribution is -2.26. The Hall–Kier alpha value is 0.690. The molecule has 0 aromatic heterocycles. The van der Waals surface area contributed by atoms with Crippen molar-refractivity contribution in [2.75, 3.05) is 0 Å². The van der Waals surface area contributed by atoms with Gasteiger partial charge in [-0.2, -0.15) is 0 Å². The van der Waals surface area contributed by atoms with Crippen LogP contribution >= 0.6 is 44.9 Å². The summed E-state index contributed by atoms with van der Waals surface area (Å²) >= 11 is 10.9. The average Bonchev–Trinajstić information content (AvgIpc) is 1.86. The topological polar surface area (TPSA) is 26.3 Å². The number of hydrogen-bond donors (Lipinski definition) is 0. The Morgan fingerprint density at radius 3 is 2.27 bits per heavy atom. The highest BCUT2D eigenvalue weighted by Crippen LogP contribution is 2.38. The zero-order valence-electron chi connectivity index (χ0n) is 5.94. The molecule has 0 amide bonds. The average molecular weight is 238 g/mol. The van der Waals surface area contributed by atoms with E-state index in [1.165, 1.54) is 0 Å². The quantitative estimate of drug-likeness (QED) is 0.558. The van der Waals surface area contributed by atoms with Crippen molar-refractivity contribution < 1.29 is 9.53 Å². The second-order valence-electron chi connectivity index (χ2n) is 2.05. The lowest BCUT2D eigenvalue weighted by Gasteiger charge is -2.15. The van der Waals surface area contributed by atoms with E-state index in [0.29, 0.717) is 11.0 Å². The van der Waals surface area contributed by atoms with E-state index < -0.39 is 9.63 Å². The van der Waals surface area contributed by atoms with Crippen LogP contribution in [0.5, 0.6) is 0 Å². The first-order valence-corrected chi connectivity index (χ1v) is 5.18. The number of ether oxygens (including phenoxy) is 1. The van der Waals surface area contributed by atoms with E-state index in [4.69, 9.17) is 38.6 Å². The maximum Gasteiger partial charge on any atom is 0.354 e. The number of carbonyl (C=O) groups excluding carboxylic acids is 1. The Bertz CT molecular complexity index is 149. The molecule has 0 spiro atoms. The number of rotatable bonds is 3. The first-order chi connectivity index (χ1) is 4.90. The summed E-state index contributed by atoms with van der Waals surface area (Å²) in [6.07, 6.45) is -0.247. The molecule has 0 unspecified atom stereocenters. The van der Waals surface area contributed by atoms with E-state index in [-0.39, 0.29) is 6.10 Å². The fraction of sp³-hybridized carbons (Fsp3) is 0.800. The molecule has 0 saturated heterocycles. The molecule has 66 valence electrons. The zero-order chi connectivity index (χ0) is 9.07. The largest absolute Gasteiger partial charge is 0.460 e. The molecule has 6 heteroatoms. The van der Waals surface area contributed by atoms with Gasteiger partial charge in [0.05, 0.1) is 6.10 Å². The summed E-state index contributed by atoms with van der Waals surface area (Å²) in [5, 5.41) is 0. The SMILES string of the molecule is CC(C)OC(=O)C(Cl)(Cl)SCl. The van der Waals surface area contributed by atoms with Gasteiger partial charge in [-0.25, -0.2) is 4.79 Å². The molecule has 0 aromatic carbocycles. The summed E-state index contributed by atoms with van der Waals surface area (Å²) in [4.78, 5) is 10.9. The van der Waals surface area contributed by atoms with Gasteiger partial charge in [-0.3, -0.25) is 0 Å². The van der Waals surface area contributed by atoms with Crippen molar-refractivity contribution in [3.05, 3.63) is 0 Å². The molecule has 0 radical (unpaired) electrons. The van der Waals surface area contributed by atoms with Crippen molar-refractivity contribution in [1.82, 2.24) is 0 Å². The molecule has 0 bridgehead atoms. The predicted molar refractivity (Wildman–Crippen MR) is 49.1 cm³/mol. The Morgan fingerprint density at radius 1 is 1.55 bits per heavy atom. The molecule has 0 saturated carbocycles. The minimum atomic E-state index is -1.70. The van der Waals surface area contributed by atoms with Crippen LogP contribution in [0.3, 0.4) is 0 Å². The number of carbonyl (C=O) groups is 1. The molecule has 0 atom stereocenters. The summed E-state index contributed by atoms with van der Waals surface area (Å²) in [6.45, 7) is 3.39. The highest BCUT2D eigenvalue weighted by Gasteiger charge is 2.36. The predicted octanol–water partition coefficient (Wildman–Crippen LogP) is 2.96. The van der Waals surface area contributed by atoms with Crippen LogP contribution in [0.4, 0.5) is 0 Å². The van der Waals surface area contributed by atoms with Gasteiger partial charge in [0.2, 0.25) is 0 Å². The van der Waals surface area contributed by atoms with Crippen molar-refractivity contribution in [1.29, 1.82) is 0 Å². The molecule has 0 aromatic rings. The highest BCUT2D eigenvalue weighted by atomic mass is 35.7.